The van der Waals surface area contributed by atoms with Crippen LogP contribution in [-0.4, -0.2) is 52.7 Å². The maximum atomic E-state index is 12.6. The van der Waals surface area contributed by atoms with E-state index < -0.39 is 23.8 Å². The molecule has 1 aromatic carbocycles. The minimum absolute atomic E-state index is 0.105. The molecule has 1 aromatic heterocycles. The van der Waals surface area contributed by atoms with Crippen LogP contribution in [0.5, 0.6) is 0 Å². The van der Waals surface area contributed by atoms with E-state index in [2.05, 4.69) is 15.4 Å². The first kappa shape index (κ1) is 19.2. The van der Waals surface area contributed by atoms with Crippen molar-refractivity contribution in [3.8, 4) is 17.4 Å². The van der Waals surface area contributed by atoms with Gasteiger partial charge < -0.3 is 19.8 Å². The predicted molar refractivity (Wildman–Crippen MR) is 103 cm³/mol. The molecular weight excluding hydrogens is 372 g/mol. The third-order valence-corrected chi connectivity index (χ3v) is 5.59. The molecule has 2 aromatic rings. The Morgan fingerprint density at radius 3 is 2.69 bits per heavy atom. The van der Waals surface area contributed by atoms with Gasteiger partial charge in [-0.15, -0.1) is 0 Å². The van der Waals surface area contributed by atoms with Gasteiger partial charge >= 0.3 is 5.97 Å². The zero-order valence-corrected chi connectivity index (χ0v) is 15.9. The van der Waals surface area contributed by atoms with Crippen LogP contribution in [0.25, 0.3) is 11.3 Å². The Morgan fingerprint density at radius 1 is 1.28 bits per heavy atom. The highest BCUT2D eigenvalue weighted by molar-refractivity contribution is 5.93. The number of nitrogens with one attached hydrogen (secondary N) is 1. The van der Waals surface area contributed by atoms with Gasteiger partial charge in [-0.05, 0) is 49.4 Å². The fourth-order valence-corrected chi connectivity index (χ4v) is 3.74. The van der Waals surface area contributed by atoms with E-state index in [0.717, 1.165) is 13.1 Å². The summed E-state index contributed by atoms with van der Waals surface area (Å²) >= 11 is 0. The molecule has 2 atom stereocenters. The quantitative estimate of drug-likeness (QED) is 0.770. The Morgan fingerprint density at radius 2 is 2.03 bits per heavy atom. The maximum Gasteiger partial charge on any atom is 0.309 e. The van der Waals surface area contributed by atoms with Crippen molar-refractivity contribution in [3.05, 3.63) is 41.6 Å². The Labute approximate surface area is 168 Å². The molecule has 1 saturated heterocycles. The lowest BCUT2D eigenvalue weighted by Gasteiger charge is -2.36. The summed E-state index contributed by atoms with van der Waals surface area (Å²) in [4.78, 5) is 26.5. The molecular formula is C21H22N4O4. The van der Waals surface area contributed by atoms with E-state index in [1.807, 2.05) is 6.07 Å². The van der Waals surface area contributed by atoms with E-state index in [-0.39, 0.29) is 5.69 Å². The van der Waals surface area contributed by atoms with Gasteiger partial charge in [0.1, 0.15) is 0 Å². The predicted octanol–water partition coefficient (Wildman–Crippen LogP) is 2.13. The third-order valence-electron chi connectivity index (χ3n) is 5.59. The second-order valence-corrected chi connectivity index (χ2v) is 7.78. The monoisotopic (exact) mass is 394 g/mol. The smallest absolute Gasteiger partial charge is 0.309 e. The van der Waals surface area contributed by atoms with E-state index in [0.29, 0.717) is 35.8 Å². The summed E-state index contributed by atoms with van der Waals surface area (Å²) in [6.45, 7) is 2.17. The molecule has 1 aliphatic heterocycles. The van der Waals surface area contributed by atoms with Crippen LogP contribution in [0.3, 0.4) is 0 Å². The molecule has 4 rings (SSSR count). The minimum atomic E-state index is -0.894. The van der Waals surface area contributed by atoms with Crippen LogP contribution in [0.2, 0.25) is 0 Å². The molecule has 8 heteroatoms. The number of carboxylic acid groups (broad SMARTS) is 1. The summed E-state index contributed by atoms with van der Waals surface area (Å²) in [6, 6.07) is 9.88. The van der Waals surface area contributed by atoms with Gasteiger partial charge in [-0.25, -0.2) is 0 Å². The number of hydrogen-bond donors (Lipinski definition) is 2. The molecule has 0 spiro atoms. The number of nitriles is 1. The van der Waals surface area contributed by atoms with Crippen molar-refractivity contribution in [1.29, 1.82) is 5.26 Å². The van der Waals surface area contributed by atoms with Crippen molar-refractivity contribution >= 4 is 11.9 Å². The highest BCUT2D eigenvalue weighted by atomic mass is 16.5. The molecule has 1 saturated carbocycles. The van der Waals surface area contributed by atoms with Gasteiger partial charge in [0, 0.05) is 37.3 Å². The fourth-order valence-electron chi connectivity index (χ4n) is 3.74. The number of carboxylic acids is 1. The zero-order chi connectivity index (χ0) is 20.4. The van der Waals surface area contributed by atoms with Crippen molar-refractivity contribution in [2.45, 2.75) is 25.3 Å². The molecule has 0 bridgehead atoms. The van der Waals surface area contributed by atoms with Gasteiger partial charge in [-0.2, -0.15) is 5.26 Å². The molecule has 1 amide bonds. The lowest BCUT2D eigenvalue weighted by molar-refractivity contribution is -0.144. The first-order chi connectivity index (χ1) is 14.0. The highest BCUT2D eigenvalue weighted by Crippen LogP contribution is 2.31. The maximum absolute atomic E-state index is 12.6. The zero-order valence-electron chi connectivity index (χ0n) is 15.9. The number of carbonyl (C=O) groups is 2. The van der Waals surface area contributed by atoms with Crippen molar-refractivity contribution in [2.24, 2.45) is 11.8 Å². The normalized spacial score (nSPS) is 22.0. The Hall–Kier alpha value is -3.18. The van der Waals surface area contributed by atoms with Crippen molar-refractivity contribution < 1.29 is 19.2 Å². The van der Waals surface area contributed by atoms with Crippen LogP contribution < -0.4 is 5.32 Å². The standard InChI is InChI=1S/C21H22N4O4/c22-10-13-3-5-15(6-4-13)19-9-18(24-29-19)20(26)23-17-7-8-25(11-14-1-2-14)12-16(17)21(27)28/h3-6,9,14,16-17H,1-2,7-8,11-12H2,(H,23,26)(H,27,28)/t16-,17-/m0/s1. The van der Waals surface area contributed by atoms with Crippen LogP contribution in [0.15, 0.2) is 34.9 Å². The summed E-state index contributed by atoms with van der Waals surface area (Å²) in [5.74, 6) is -0.869. The van der Waals surface area contributed by atoms with E-state index in [1.54, 1.807) is 24.3 Å². The van der Waals surface area contributed by atoms with E-state index in [4.69, 9.17) is 9.78 Å². The van der Waals surface area contributed by atoms with Gasteiger partial charge in [0.25, 0.3) is 5.91 Å². The van der Waals surface area contributed by atoms with Gasteiger partial charge in [0.2, 0.25) is 0 Å². The number of benzene rings is 1. The second-order valence-electron chi connectivity index (χ2n) is 7.78. The molecule has 150 valence electrons. The minimum Gasteiger partial charge on any atom is -0.481 e. The molecule has 2 aliphatic rings. The largest absolute Gasteiger partial charge is 0.481 e. The van der Waals surface area contributed by atoms with Crippen LogP contribution in [0.4, 0.5) is 0 Å². The molecule has 0 unspecified atom stereocenters. The van der Waals surface area contributed by atoms with Gasteiger partial charge in [0.05, 0.1) is 17.6 Å². The first-order valence-corrected chi connectivity index (χ1v) is 9.77. The summed E-state index contributed by atoms with van der Waals surface area (Å²) < 4.78 is 5.26. The number of amides is 1. The summed E-state index contributed by atoms with van der Waals surface area (Å²) in [6.07, 6.45) is 3.04. The first-order valence-electron chi connectivity index (χ1n) is 9.77. The van der Waals surface area contributed by atoms with Crippen LogP contribution in [0.1, 0.15) is 35.3 Å². The topological polar surface area (TPSA) is 119 Å². The Balaban J connectivity index is 1.41. The third kappa shape index (κ3) is 4.46. The molecule has 2 heterocycles. The number of aromatic nitrogens is 1. The Kier molecular flexibility index (Phi) is 5.32. The molecule has 0 radical (unpaired) electrons. The lowest BCUT2D eigenvalue weighted by Crippen LogP contribution is -2.53. The number of piperidine rings is 1. The van der Waals surface area contributed by atoms with E-state index in [9.17, 15) is 14.7 Å². The molecule has 8 nitrogen and oxygen atoms in total. The van der Waals surface area contributed by atoms with Crippen LogP contribution >= 0.6 is 0 Å². The lowest BCUT2D eigenvalue weighted by atomic mass is 9.91. The van der Waals surface area contributed by atoms with Crippen LogP contribution in [0, 0.1) is 23.2 Å². The molecule has 2 N–H and O–H groups in total. The average Bonchev–Trinajstić information content (AvgIpc) is 3.40. The van der Waals surface area contributed by atoms with Crippen molar-refractivity contribution in [2.75, 3.05) is 19.6 Å². The number of aliphatic carboxylic acids is 1. The number of hydrogen-bond acceptors (Lipinski definition) is 6. The Bertz CT molecular complexity index is 942. The van der Waals surface area contributed by atoms with Crippen LogP contribution in [-0.2, 0) is 4.79 Å². The van der Waals surface area contributed by atoms with E-state index >= 15 is 0 Å². The van der Waals surface area contributed by atoms with Gasteiger partial charge in [-0.3, -0.25) is 9.59 Å². The number of nitrogens with zero attached hydrogens (tertiary/aromatic N) is 3. The number of rotatable bonds is 6. The molecule has 29 heavy (non-hydrogen) atoms. The molecule has 1 aliphatic carbocycles. The average molecular weight is 394 g/mol. The van der Waals surface area contributed by atoms with Gasteiger partial charge in [-0.1, -0.05) is 5.16 Å². The van der Waals surface area contributed by atoms with Crippen molar-refractivity contribution in [3.63, 3.8) is 0 Å². The SMILES string of the molecule is N#Cc1ccc(-c2cc(C(=O)N[C@H]3CCN(CC4CC4)C[C@@H]3C(=O)O)no2)cc1. The van der Waals surface area contributed by atoms with Gasteiger partial charge in [0.15, 0.2) is 11.5 Å². The molecule has 2 fully saturated rings. The number of carbonyl (C=O) groups excluding carboxylic acids is 1. The summed E-state index contributed by atoms with van der Waals surface area (Å²) in [5, 5.41) is 25.1. The second kappa shape index (κ2) is 8.05. The summed E-state index contributed by atoms with van der Waals surface area (Å²) in [7, 11) is 0. The number of likely N-dealkylation sites (tertiary alicyclic amines) is 1. The van der Waals surface area contributed by atoms with Crippen molar-refractivity contribution in [1.82, 2.24) is 15.4 Å². The summed E-state index contributed by atoms with van der Waals surface area (Å²) in [5.41, 5.74) is 1.33. The highest BCUT2D eigenvalue weighted by Gasteiger charge is 2.37. The fraction of sp³-hybridized carbons (Fsp3) is 0.429. The van der Waals surface area contributed by atoms with E-state index in [1.165, 1.54) is 18.9 Å².